The van der Waals surface area contributed by atoms with Crippen LogP contribution < -0.4 is 20.1 Å². The Hall–Kier alpha value is -2.83. The van der Waals surface area contributed by atoms with Crippen molar-refractivity contribution < 1.29 is 14.3 Å². The lowest BCUT2D eigenvalue weighted by molar-refractivity contribution is 0.0938. The molecule has 7 heteroatoms. The largest absolute Gasteiger partial charge is 0.497 e. The molecule has 1 aromatic carbocycles. The minimum atomic E-state index is -0.177. The minimum absolute atomic E-state index is 0.177. The van der Waals surface area contributed by atoms with E-state index in [1.807, 2.05) is 25.1 Å². The third-order valence-electron chi connectivity index (χ3n) is 4.06. The molecule has 0 saturated carbocycles. The first kappa shape index (κ1) is 17.0. The molecule has 0 radical (unpaired) electrons. The van der Waals surface area contributed by atoms with E-state index in [2.05, 4.69) is 20.6 Å². The summed E-state index contributed by atoms with van der Waals surface area (Å²) in [4.78, 5) is 20.4. The first-order valence-corrected chi connectivity index (χ1v) is 8.33. The molecule has 3 rings (SSSR count). The lowest BCUT2D eigenvalue weighted by atomic mass is 9.96. The Morgan fingerprint density at radius 3 is 2.88 bits per heavy atom. The van der Waals surface area contributed by atoms with Gasteiger partial charge in [0.1, 0.15) is 11.5 Å². The number of nitrogens with zero attached hydrogens (tertiary/aromatic N) is 2. The average Bonchev–Trinajstić information content (AvgIpc) is 2.66. The number of hydrogen-bond acceptors (Lipinski definition) is 6. The Labute approximate surface area is 146 Å². The molecule has 7 nitrogen and oxygen atoms in total. The van der Waals surface area contributed by atoms with Crippen molar-refractivity contribution in [1.82, 2.24) is 15.3 Å². The van der Waals surface area contributed by atoms with Crippen LogP contribution in [0, 0.1) is 5.92 Å². The van der Waals surface area contributed by atoms with E-state index in [9.17, 15) is 4.79 Å². The second-order valence-electron chi connectivity index (χ2n) is 5.89. The zero-order valence-corrected chi connectivity index (χ0v) is 14.4. The van der Waals surface area contributed by atoms with E-state index < -0.39 is 0 Å². The molecule has 1 aliphatic rings. The molecule has 1 unspecified atom stereocenters. The number of carbonyl (C=O) groups is 1. The van der Waals surface area contributed by atoms with Crippen LogP contribution in [0.2, 0.25) is 0 Å². The van der Waals surface area contributed by atoms with Crippen LogP contribution in [0.15, 0.2) is 30.6 Å². The third-order valence-corrected chi connectivity index (χ3v) is 4.06. The topological polar surface area (TPSA) is 85.4 Å². The van der Waals surface area contributed by atoms with E-state index in [4.69, 9.17) is 9.47 Å². The van der Waals surface area contributed by atoms with Gasteiger partial charge in [0, 0.05) is 37.5 Å². The third kappa shape index (κ3) is 4.17. The summed E-state index contributed by atoms with van der Waals surface area (Å²) < 4.78 is 11.0. The summed E-state index contributed by atoms with van der Waals surface area (Å²) in [5, 5.41) is 5.92. The van der Waals surface area contributed by atoms with Crippen LogP contribution in [-0.2, 0) is 6.42 Å². The van der Waals surface area contributed by atoms with Gasteiger partial charge in [-0.05, 0) is 25.0 Å². The second kappa shape index (κ2) is 7.83. The number of ether oxygens (including phenoxy) is 2. The van der Waals surface area contributed by atoms with Gasteiger partial charge in [-0.25, -0.2) is 9.97 Å². The van der Waals surface area contributed by atoms with Crippen LogP contribution in [-0.4, -0.2) is 42.7 Å². The molecule has 2 N–H and O–H groups in total. The molecule has 0 spiro atoms. The van der Waals surface area contributed by atoms with Crippen LogP contribution in [0.5, 0.6) is 11.5 Å². The summed E-state index contributed by atoms with van der Waals surface area (Å²) in [5.41, 5.74) is 1.58. The van der Waals surface area contributed by atoms with Crippen molar-refractivity contribution in [2.45, 2.75) is 13.3 Å². The highest BCUT2D eigenvalue weighted by Gasteiger charge is 2.21. The van der Waals surface area contributed by atoms with E-state index in [1.165, 1.54) is 12.4 Å². The maximum absolute atomic E-state index is 12.2. The summed E-state index contributed by atoms with van der Waals surface area (Å²) in [6.45, 7) is 3.81. The smallest absolute Gasteiger partial charge is 0.254 e. The molecule has 0 aliphatic carbocycles. The lowest BCUT2D eigenvalue weighted by Crippen LogP contribution is -2.34. The van der Waals surface area contributed by atoms with Gasteiger partial charge in [0.15, 0.2) is 0 Å². The zero-order chi connectivity index (χ0) is 17.6. The van der Waals surface area contributed by atoms with E-state index in [1.54, 1.807) is 7.11 Å². The monoisotopic (exact) mass is 342 g/mol. The quantitative estimate of drug-likeness (QED) is 0.834. The molecule has 1 atom stereocenters. The normalized spacial score (nSPS) is 15.7. The predicted molar refractivity (Wildman–Crippen MR) is 94.2 cm³/mol. The molecule has 132 valence electrons. The highest BCUT2D eigenvalue weighted by Crippen LogP contribution is 2.30. The molecule has 1 aliphatic heterocycles. The first-order valence-electron chi connectivity index (χ1n) is 8.33. The van der Waals surface area contributed by atoms with Crippen molar-refractivity contribution >= 4 is 11.9 Å². The SMILES string of the molecule is CCNc1ncc(C(=O)NCC2COc3cc(OC)ccc3C2)cn1. The van der Waals surface area contributed by atoms with E-state index in [-0.39, 0.29) is 11.8 Å². The van der Waals surface area contributed by atoms with Gasteiger partial charge in [-0.3, -0.25) is 4.79 Å². The van der Waals surface area contributed by atoms with Gasteiger partial charge in [-0.1, -0.05) is 6.07 Å². The van der Waals surface area contributed by atoms with Crippen molar-refractivity contribution in [2.24, 2.45) is 5.92 Å². The molecule has 1 aromatic heterocycles. The van der Waals surface area contributed by atoms with Crippen LogP contribution in [0.1, 0.15) is 22.8 Å². The molecule has 0 fully saturated rings. The Morgan fingerprint density at radius 1 is 1.36 bits per heavy atom. The number of anilines is 1. The Bertz CT molecular complexity index is 734. The van der Waals surface area contributed by atoms with Gasteiger partial charge in [0.25, 0.3) is 5.91 Å². The summed E-state index contributed by atoms with van der Waals surface area (Å²) >= 11 is 0. The van der Waals surface area contributed by atoms with Crippen molar-refractivity contribution in [3.05, 3.63) is 41.7 Å². The van der Waals surface area contributed by atoms with Crippen molar-refractivity contribution in [1.29, 1.82) is 0 Å². The number of rotatable bonds is 6. The molecule has 1 amide bonds. The van der Waals surface area contributed by atoms with E-state index in [0.717, 1.165) is 30.0 Å². The van der Waals surface area contributed by atoms with E-state index in [0.29, 0.717) is 24.7 Å². The second-order valence-corrected chi connectivity index (χ2v) is 5.89. The highest BCUT2D eigenvalue weighted by molar-refractivity contribution is 5.93. The van der Waals surface area contributed by atoms with Crippen LogP contribution >= 0.6 is 0 Å². The number of amides is 1. The summed E-state index contributed by atoms with van der Waals surface area (Å²) in [6, 6.07) is 5.83. The van der Waals surface area contributed by atoms with Crippen LogP contribution in [0.4, 0.5) is 5.95 Å². The fraction of sp³-hybridized carbons (Fsp3) is 0.389. The van der Waals surface area contributed by atoms with Gasteiger partial charge in [-0.15, -0.1) is 0 Å². The Kier molecular flexibility index (Phi) is 5.33. The first-order chi connectivity index (χ1) is 12.2. The Balaban J connectivity index is 1.54. The van der Waals surface area contributed by atoms with Gasteiger partial charge in [-0.2, -0.15) is 0 Å². The molecule has 2 aromatic rings. The molecule has 2 heterocycles. The summed E-state index contributed by atoms with van der Waals surface area (Å²) in [5.74, 6) is 2.21. The molecular weight excluding hydrogens is 320 g/mol. The minimum Gasteiger partial charge on any atom is -0.497 e. The van der Waals surface area contributed by atoms with E-state index >= 15 is 0 Å². The molecule has 25 heavy (non-hydrogen) atoms. The number of aromatic nitrogens is 2. The molecule has 0 bridgehead atoms. The molecular formula is C18H22N4O3. The maximum Gasteiger partial charge on any atom is 0.254 e. The standard InChI is InChI=1S/C18H22N4O3/c1-3-19-18-21-9-14(10-22-18)17(23)20-8-12-6-13-4-5-15(24-2)7-16(13)25-11-12/h4-5,7,9-10,12H,3,6,8,11H2,1-2H3,(H,20,23)(H,19,21,22). The number of hydrogen-bond donors (Lipinski definition) is 2. The van der Waals surface area contributed by atoms with Gasteiger partial charge < -0.3 is 20.1 Å². The Morgan fingerprint density at radius 2 is 2.16 bits per heavy atom. The number of nitrogens with one attached hydrogen (secondary N) is 2. The molecule has 0 saturated heterocycles. The van der Waals surface area contributed by atoms with Crippen LogP contribution in [0.3, 0.4) is 0 Å². The van der Waals surface area contributed by atoms with Gasteiger partial charge in [0.2, 0.25) is 5.95 Å². The predicted octanol–water partition coefficient (Wildman–Crippen LogP) is 1.90. The fourth-order valence-electron chi connectivity index (χ4n) is 2.71. The number of carbonyl (C=O) groups excluding carboxylic acids is 1. The summed E-state index contributed by atoms with van der Waals surface area (Å²) in [7, 11) is 1.64. The lowest BCUT2D eigenvalue weighted by Gasteiger charge is -2.25. The number of methoxy groups -OCH3 is 1. The zero-order valence-electron chi connectivity index (χ0n) is 14.4. The fourth-order valence-corrected chi connectivity index (χ4v) is 2.71. The number of fused-ring (bicyclic) bond motifs is 1. The van der Waals surface area contributed by atoms with Gasteiger partial charge >= 0.3 is 0 Å². The summed E-state index contributed by atoms with van der Waals surface area (Å²) in [6.07, 6.45) is 3.91. The number of benzene rings is 1. The van der Waals surface area contributed by atoms with Gasteiger partial charge in [0.05, 0.1) is 19.3 Å². The maximum atomic E-state index is 12.2. The van der Waals surface area contributed by atoms with Crippen molar-refractivity contribution in [3.8, 4) is 11.5 Å². The van der Waals surface area contributed by atoms with Crippen molar-refractivity contribution in [2.75, 3.05) is 32.1 Å². The average molecular weight is 342 g/mol. The van der Waals surface area contributed by atoms with Crippen molar-refractivity contribution in [3.63, 3.8) is 0 Å². The van der Waals surface area contributed by atoms with Crippen LogP contribution in [0.25, 0.3) is 0 Å². The highest BCUT2D eigenvalue weighted by atomic mass is 16.5.